The van der Waals surface area contributed by atoms with Crippen molar-refractivity contribution in [3.8, 4) is 0 Å². The van der Waals surface area contributed by atoms with Gasteiger partial charge in [-0.1, -0.05) is 69.0 Å². The Kier molecular flexibility index (Phi) is 10.7. The molecule has 1 aromatic carbocycles. The number of nitrogens with zero attached hydrogens (tertiary/aromatic N) is 1. The minimum absolute atomic E-state index is 0.565. The molecule has 3 N–H and O–H groups in total. The first-order chi connectivity index (χ1) is 12.6. The van der Waals surface area contributed by atoms with Gasteiger partial charge in [-0.25, -0.2) is 0 Å². The number of hydrogen-bond acceptors (Lipinski definition) is 3. The van der Waals surface area contributed by atoms with Gasteiger partial charge in [0.05, 0.1) is 6.10 Å². The molecule has 0 aromatic heterocycles. The molecular weight excluding hydrogens is 320 g/mol. The molecule has 1 saturated heterocycles. The smallest absolute Gasteiger partial charge is 0.0936 e. The van der Waals surface area contributed by atoms with Gasteiger partial charge in [-0.2, -0.15) is 0 Å². The van der Waals surface area contributed by atoms with Crippen molar-refractivity contribution in [2.45, 2.75) is 46.1 Å². The van der Waals surface area contributed by atoms with E-state index in [1.54, 1.807) is 6.08 Å². The zero-order valence-corrected chi connectivity index (χ0v) is 16.7. The normalized spacial score (nSPS) is 18.0. The summed E-state index contributed by atoms with van der Waals surface area (Å²) in [5.74, 6) is 0.740. The van der Waals surface area contributed by atoms with Crippen molar-refractivity contribution in [1.29, 1.82) is 0 Å². The minimum atomic E-state index is -0.565. The fourth-order valence-corrected chi connectivity index (χ4v) is 3.36. The summed E-state index contributed by atoms with van der Waals surface area (Å²) in [5, 5.41) is 10.5. The Morgan fingerprint density at radius 2 is 1.88 bits per heavy atom. The predicted octanol–water partition coefficient (Wildman–Crippen LogP) is 4.30. The van der Waals surface area contributed by atoms with E-state index < -0.39 is 6.10 Å². The van der Waals surface area contributed by atoms with Gasteiger partial charge >= 0.3 is 0 Å². The number of likely N-dealkylation sites (tertiary alicyclic amines) is 1. The molecule has 0 radical (unpaired) electrons. The zero-order chi connectivity index (χ0) is 19.4. The summed E-state index contributed by atoms with van der Waals surface area (Å²) in [6.45, 7) is 12.3. The van der Waals surface area contributed by atoms with Crippen LogP contribution in [0.25, 0.3) is 0 Å². The Morgan fingerprint density at radius 1 is 1.27 bits per heavy atom. The molecule has 1 heterocycles. The summed E-state index contributed by atoms with van der Waals surface area (Å²) in [6, 6.07) is 10.7. The number of nitrogens with two attached hydrogens (primary N) is 1. The quantitative estimate of drug-likeness (QED) is 0.716. The molecule has 3 nitrogen and oxygen atoms in total. The van der Waals surface area contributed by atoms with Crippen molar-refractivity contribution in [1.82, 2.24) is 4.90 Å². The van der Waals surface area contributed by atoms with Gasteiger partial charge in [-0.3, -0.25) is 0 Å². The van der Waals surface area contributed by atoms with E-state index in [9.17, 15) is 5.11 Å². The molecule has 1 unspecified atom stereocenters. The SMILES string of the molecule is C=C/C=C(\C(N)=C/C)C(O)CN1CCC(Cc2ccccc2)CC1.CC. The van der Waals surface area contributed by atoms with Crippen LogP contribution < -0.4 is 5.73 Å². The van der Waals surface area contributed by atoms with E-state index in [-0.39, 0.29) is 0 Å². The van der Waals surface area contributed by atoms with Crippen LogP contribution in [0.1, 0.15) is 39.2 Å². The highest BCUT2D eigenvalue weighted by molar-refractivity contribution is 5.34. The number of aliphatic hydroxyl groups is 1. The number of allylic oxidation sites excluding steroid dienone is 3. The number of aliphatic hydroxyl groups excluding tert-OH is 1. The summed E-state index contributed by atoms with van der Waals surface area (Å²) in [6.07, 6.45) is 8.27. The van der Waals surface area contributed by atoms with E-state index in [1.165, 1.54) is 18.4 Å². The predicted molar refractivity (Wildman–Crippen MR) is 113 cm³/mol. The van der Waals surface area contributed by atoms with Crippen LogP contribution in [-0.4, -0.2) is 35.7 Å². The molecule has 26 heavy (non-hydrogen) atoms. The molecule has 144 valence electrons. The van der Waals surface area contributed by atoms with Crippen LogP contribution in [-0.2, 0) is 6.42 Å². The lowest BCUT2D eigenvalue weighted by molar-refractivity contribution is 0.110. The molecule has 1 aliphatic rings. The third kappa shape index (κ3) is 7.19. The first-order valence-corrected chi connectivity index (χ1v) is 9.83. The average molecular weight is 357 g/mol. The van der Waals surface area contributed by atoms with Gasteiger partial charge in [-0.15, -0.1) is 0 Å². The molecule has 0 aliphatic carbocycles. The van der Waals surface area contributed by atoms with Crippen molar-refractivity contribution in [3.63, 3.8) is 0 Å². The Morgan fingerprint density at radius 3 is 2.42 bits per heavy atom. The number of hydrogen-bond donors (Lipinski definition) is 2. The summed E-state index contributed by atoms with van der Waals surface area (Å²) in [5.41, 5.74) is 8.80. The second-order valence-corrected chi connectivity index (χ2v) is 6.55. The number of benzene rings is 1. The molecule has 2 rings (SSSR count). The Bertz CT molecular complexity index is 569. The van der Waals surface area contributed by atoms with E-state index in [0.717, 1.165) is 31.0 Å². The molecule has 0 bridgehead atoms. The second kappa shape index (κ2) is 12.5. The molecule has 1 aromatic rings. The van der Waals surface area contributed by atoms with E-state index in [1.807, 2.05) is 32.9 Å². The molecule has 1 atom stereocenters. The van der Waals surface area contributed by atoms with Crippen LogP contribution >= 0.6 is 0 Å². The molecule has 1 fully saturated rings. The van der Waals surface area contributed by atoms with Gasteiger partial charge in [0.2, 0.25) is 0 Å². The fraction of sp³-hybridized carbons (Fsp3) is 0.478. The molecular formula is C23H36N2O. The topological polar surface area (TPSA) is 49.5 Å². The zero-order valence-electron chi connectivity index (χ0n) is 16.7. The van der Waals surface area contributed by atoms with Crippen molar-refractivity contribution in [2.75, 3.05) is 19.6 Å². The van der Waals surface area contributed by atoms with Crippen LogP contribution in [0.2, 0.25) is 0 Å². The van der Waals surface area contributed by atoms with E-state index in [2.05, 4.69) is 41.8 Å². The highest BCUT2D eigenvalue weighted by Crippen LogP contribution is 2.22. The highest BCUT2D eigenvalue weighted by atomic mass is 16.3. The lowest BCUT2D eigenvalue weighted by atomic mass is 9.90. The summed E-state index contributed by atoms with van der Waals surface area (Å²) < 4.78 is 0. The fourth-order valence-electron chi connectivity index (χ4n) is 3.36. The maximum Gasteiger partial charge on any atom is 0.0936 e. The first kappa shape index (κ1) is 22.2. The van der Waals surface area contributed by atoms with Crippen LogP contribution in [0.15, 0.2) is 66.4 Å². The lowest BCUT2D eigenvalue weighted by Gasteiger charge is -2.33. The molecule has 0 saturated carbocycles. The van der Waals surface area contributed by atoms with Crippen molar-refractivity contribution >= 4 is 0 Å². The average Bonchev–Trinajstić information content (AvgIpc) is 2.69. The van der Waals surface area contributed by atoms with E-state index in [4.69, 9.17) is 5.73 Å². The Labute approximate surface area is 159 Å². The Hall–Kier alpha value is -1.84. The van der Waals surface area contributed by atoms with Gasteiger partial charge in [0.25, 0.3) is 0 Å². The van der Waals surface area contributed by atoms with E-state index >= 15 is 0 Å². The summed E-state index contributed by atoms with van der Waals surface area (Å²) in [4.78, 5) is 2.34. The van der Waals surface area contributed by atoms with Crippen LogP contribution in [0.4, 0.5) is 0 Å². The largest absolute Gasteiger partial charge is 0.399 e. The molecule has 0 spiro atoms. The second-order valence-electron chi connectivity index (χ2n) is 6.55. The van der Waals surface area contributed by atoms with Crippen molar-refractivity contribution < 1.29 is 5.11 Å². The van der Waals surface area contributed by atoms with Gasteiger partial charge in [0.15, 0.2) is 0 Å². The van der Waals surface area contributed by atoms with Gasteiger partial charge in [-0.05, 0) is 50.8 Å². The van der Waals surface area contributed by atoms with Gasteiger partial charge in [0, 0.05) is 17.8 Å². The molecule has 0 amide bonds. The summed E-state index contributed by atoms with van der Waals surface area (Å²) >= 11 is 0. The van der Waals surface area contributed by atoms with Crippen LogP contribution in [0.3, 0.4) is 0 Å². The Balaban J connectivity index is 0.00000163. The third-order valence-corrected chi connectivity index (χ3v) is 4.81. The first-order valence-electron chi connectivity index (χ1n) is 9.83. The van der Waals surface area contributed by atoms with Crippen molar-refractivity contribution in [3.05, 3.63) is 72.0 Å². The third-order valence-electron chi connectivity index (χ3n) is 4.81. The number of piperidine rings is 1. The summed E-state index contributed by atoms with van der Waals surface area (Å²) in [7, 11) is 0. The van der Waals surface area contributed by atoms with Gasteiger partial charge < -0.3 is 15.7 Å². The van der Waals surface area contributed by atoms with Crippen LogP contribution in [0.5, 0.6) is 0 Å². The number of rotatable bonds is 7. The van der Waals surface area contributed by atoms with Crippen LogP contribution in [0, 0.1) is 5.92 Å². The molecule has 3 heteroatoms. The highest BCUT2D eigenvalue weighted by Gasteiger charge is 2.23. The monoisotopic (exact) mass is 356 g/mol. The number of β-amino-alcohol motifs (C(OH)–C–C–N with tert-alkyl or cyclic N) is 1. The lowest BCUT2D eigenvalue weighted by Crippen LogP contribution is -2.40. The molecule has 1 aliphatic heterocycles. The maximum absolute atomic E-state index is 10.5. The van der Waals surface area contributed by atoms with Crippen molar-refractivity contribution in [2.24, 2.45) is 11.7 Å². The maximum atomic E-state index is 10.5. The standard InChI is InChI=1S/C21H30N2O.C2H6/c1-3-8-19(20(22)4-2)21(24)16-23-13-11-18(12-14-23)15-17-9-6-5-7-10-17;1-2/h3-10,18,21,24H,1,11-16,22H2,2H3;1-2H3/b19-8+,20-4+;. The van der Waals surface area contributed by atoms with E-state index in [0.29, 0.717) is 12.2 Å². The van der Waals surface area contributed by atoms with Gasteiger partial charge in [0.1, 0.15) is 0 Å². The minimum Gasteiger partial charge on any atom is -0.399 e.